The van der Waals surface area contributed by atoms with Gasteiger partial charge in [-0.3, -0.25) is 0 Å². The van der Waals surface area contributed by atoms with Gasteiger partial charge in [0.05, 0.1) is 5.56 Å². The van der Waals surface area contributed by atoms with Crippen LogP contribution < -0.4 is 10.5 Å². The highest BCUT2D eigenvalue weighted by atomic mass is 16.5. The van der Waals surface area contributed by atoms with E-state index in [0.717, 1.165) is 17.7 Å². The van der Waals surface area contributed by atoms with E-state index in [1.807, 2.05) is 31.2 Å². The molecule has 2 N–H and O–H groups in total. The molecular weight excluding hydrogens is 200 g/mol. The van der Waals surface area contributed by atoms with Gasteiger partial charge in [0.15, 0.2) is 0 Å². The molecule has 2 rings (SSSR count). The van der Waals surface area contributed by atoms with Crippen LogP contribution in [0.25, 0.3) is 0 Å². The molecule has 2 atom stereocenters. The summed E-state index contributed by atoms with van der Waals surface area (Å²) < 4.78 is 5.98. The highest BCUT2D eigenvalue weighted by Crippen LogP contribution is 2.34. The monoisotopic (exact) mass is 218 g/mol. The van der Waals surface area contributed by atoms with Crippen LogP contribution in [0.15, 0.2) is 29.3 Å². The predicted molar refractivity (Wildman–Crippen MR) is 65.7 cm³/mol. The van der Waals surface area contributed by atoms with Crippen molar-refractivity contribution in [3.05, 3.63) is 29.8 Å². The Bertz CT molecular complexity index is 428. The molecule has 1 aliphatic rings. The topological polar surface area (TPSA) is 47.6 Å². The molecule has 1 aromatic rings. The Labute approximate surface area is 96.3 Å². The number of hydrogen-bond donors (Lipinski definition) is 1. The van der Waals surface area contributed by atoms with E-state index in [-0.39, 0.29) is 0 Å². The number of nitrogens with zero attached hydrogens (tertiary/aromatic N) is 1. The molecule has 0 saturated carbocycles. The first-order valence-corrected chi connectivity index (χ1v) is 5.70. The van der Waals surface area contributed by atoms with Crippen LogP contribution in [0.1, 0.15) is 32.8 Å². The van der Waals surface area contributed by atoms with Crippen LogP contribution in [0.4, 0.5) is 0 Å². The molecule has 0 saturated heterocycles. The summed E-state index contributed by atoms with van der Waals surface area (Å²) in [4.78, 5) is 4.50. The maximum atomic E-state index is 5.98. The summed E-state index contributed by atoms with van der Waals surface area (Å²) in [6, 6.07) is 7.77. The molecule has 0 bridgehead atoms. The van der Waals surface area contributed by atoms with Crippen LogP contribution in [-0.4, -0.2) is 11.6 Å². The molecule has 0 aliphatic carbocycles. The molecule has 0 radical (unpaired) electrons. The van der Waals surface area contributed by atoms with Crippen molar-refractivity contribution < 1.29 is 4.74 Å². The van der Waals surface area contributed by atoms with Crippen molar-refractivity contribution in [2.75, 3.05) is 0 Å². The van der Waals surface area contributed by atoms with Gasteiger partial charge < -0.3 is 10.5 Å². The average Bonchev–Trinajstić information content (AvgIpc) is 2.27. The van der Waals surface area contributed by atoms with Crippen molar-refractivity contribution in [1.82, 2.24) is 0 Å². The Kier molecular flexibility index (Phi) is 2.62. The lowest BCUT2D eigenvalue weighted by Crippen LogP contribution is -2.42. The molecule has 3 nitrogen and oxygen atoms in total. The molecule has 1 aliphatic heterocycles. The van der Waals surface area contributed by atoms with Gasteiger partial charge in [0.25, 0.3) is 0 Å². The lowest BCUT2D eigenvalue weighted by Gasteiger charge is -2.36. The molecule has 0 amide bonds. The van der Waals surface area contributed by atoms with Crippen LogP contribution in [0.2, 0.25) is 0 Å². The first-order chi connectivity index (χ1) is 7.57. The molecule has 1 aromatic carbocycles. The number of nitrogens with two attached hydrogens (primary N) is 1. The second-order valence-corrected chi connectivity index (χ2v) is 4.46. The minimum Gasteiger partial charge on any atom is -0.465 e. The smallest absolute Gasteiger partial charge is 0.202 e. The number of rotatable bonds is 2. The van der Waals surface area contributed by atoms with Crippen LogP contribution in [0.5, 0.6) is 5.75 Å². The summed E-state index contributed by atoms with van der Waals surface area (Å²) in [6.07, 6.45) is 1.01. The first-order valence-electron chi connectivity index (χ1n) is 5.70. The Balaban J connectivity index is 2.43. The zero-order valence-corrected chi connectivity index (χ0v) is 10.0. The van der Waals surface area contributed by atoms with Crippen LogP contribution in [0.3, 0.4) is 0 Å². The van der Waals surface area contributed by atoms with Gasteiger partial charge in [-0.15, -0.1) is 0 Å². The van der Waals surface area contributed by atoms with Gasteiger partial charge in [0.2, 0.25) is 5.72 Å². The van der Waals surface area contributed by atoms with Gasteiger partial charge >= 0.3 is 0 Å². The Morgan fingerprint density at radius 3 is 2.81 bits per heavy atom. The Hall–Kier alpha value is -1.51. The summed E-state index contributed by atoms with van der Waals surface area (Å²) in [7, 11) is 0. The van der Waals surface area contributed by atoms with Gasteiger partial charge in [-0.05, 0) is 25.5 Å². The minimum absolute atomic E-state index is 0.333. The number of benzene rings is 1. The second kappa shape index (κ2) is 3.81. The summed E-state index contributed by atoms with van der Waals surface area (Å²) in [6.45, 7) is 6.25. The Morgan fingerprint density at radius 2 is 2.12 bits per heavy atom. The standard InChI is InChI=1S/C13H18N2O/c1-4-9(2)13(3)15-12(14)10-7-5-6-8-11(10)16-13/h5-9H,4H2,1-3H3,(H2,14,15). The molecule has 0 aromatic heterocycles. The molecule has 2 unspecified atom stereocenters. The number of aliphatic imine (C=N–C) groups is 1. The number of fused-ring (bicyclic) bond motifs is 1. The number of ether oxygens (including phenoxy) is 1. The van der Waals surface area contributed by atoms with Crippen molar-refractivity contribution in [1.29, 1.82) is 0 Å². The van der Waals surface area contributed by atoms with E-state index in [9.17, 15) is 0 Å². The minimum atomic E-state index is -0.535. The molecule has 1 heterocycles. The van der Waals surface area contributed by atoms with Crippen molar-refractivity contribution in [3.8, 4) is 5.75 Å². The van der Waals surface area contributed by atoms with Crippen LogP contribution in [0, 0.1) is 5.92 Å². The van der Waals surface area contributed by atoms with Gasteiger partial charge in [-0.2, -0.15) is 0 Å². The summed E-state index contributed by atoms with van der Waals surface area (Å²) >= 11 is 0. The largest absolute Gasteiger partial charge is 0.465 e. The van der Waals surface area contributed by atoms with E-state index in [1.54, 1.807) is 0 Å². The number of para-hydroxylation sites is 1. The fraction of sp³-hybridized carbons (Fsp3) is 0.462. The zero-order valence-electron chi connectivity index (χ0n) is 10.0. The molecule has 16 heavy (non-hydrogen) atoms. The van der Waals surface area contributed by atoms with Crippen LogP contribution >= 0.6 is 0 Å². The van der Waals surface area contributed by atoms with Gasteiger partial charge in [-0.1, -0.05) is 26.0 Å². The normalized spacial score (nSPS) is 25.3. The molecule has 3 heteroatoms. The quantitative estimate of drug-likeness (QED) is 0.829. The average molecular weight is 218 g/mol. The predicted octanol–water partition coefficient (Wildman–Crippen LogP) is 2.55. The molecular formula is C13H18N2O. The summed E-state index contributed by atoms with van der Waals surface area (Å²) in [5.41, 5.74) is 6.34. The van der Waals surface area contributed by atoms with E-state index in [2.05, 4.69) is 18.8 Å². The Morgan fingerprint density at radius 1 is 1.44 bits per heavy atom. The maximum Gasteiger partial charge on any atom is 0.202 e. The molecule has 86 valence electrons. The van der Waals surface area contributed by atoms with Crippen molar-refractivity contribution in [2.45, 2.75) is 32.9 Å². The van der Waals surface area contributed by atoms with Gasteiger partial charge in [-0.25, -0.2) is 4.99 Å². The van der Waals surface area contributed by atoms with E-state index in [1.165, 1.54) is 0 Å². The third-order valence-electron chi connectivity index (χ3n) is 3.35. The third-order valence-corrected chi connectivity index (χ3v) is 3.35. The maximum absolute atomic E-state index is 5.98. The van der Waals surface area contributed by atoms with Crippen molar-refractivity contribution in [3.63, 3.8) is 0 Å². The van der Waals surface area contributed by atoms with Crippen LogP contribution in [-0.2, 0) is 0 Å². The summed E-state index contributed by atoms with van der Waals surface area (Å²) in [5, 5.41) is 0. The lowest BCUT2D eigenvalue weighted by atomic mass is 9.95. The molecule has 0 fully saturated rings. The third kappa shape index (κ3) is 1.66. The van der Waals surface area contributed by atoms with E-state index >= 15 is 0 Å². The fourth-order valence-corrected chi connectivity index (χ4v) is 1.90. The van der Waals surface area contributed by atoms with Crippen molar-refractivity contribution >= 4 is 5.84 Å². The number of amidine groups is 1. The highest BCUT2D eigenvalue weighted by molar-refractivity contribution is 6.00. The lowest BCUT2D eigenvalue weighted by molar-refractivity contribution is 0.0364. The van der Waals surface area contributed by atoms with E-state index in [0.29, 0.717) is 11.8 Å². The van der Waals surface area contributed by atoms with Gasteiger partial charge in [0.1, 0.15) is 11.6 Å². The summed E-state index contributed by atoms with van der Waals surface area (Å²) in [5.74, 6) is 1.74. The first kappa shape index (κ1) is 11.0. The fourth-order valence-electron chi connectivity index (χ4n) is 1.90. The molecule has 0 spiro atoms. The highest BCUT2D eigenvalue weighted by Gasteiger charge is 2.36. The zero-order chi connectivity index (χ0) is 11.8. The van der Waals surface area contributed by atoms with E-state index < -0.39 is 5.72 Å². The van der Waals surface area contributed by atoms with Gasteiger partial charge in [0, 0.05) is 5.92 Å². The SMILES string of the molecule is CCC(C)C1(C)N=C(N)c2ccccc2O1. The van der Waals surface area contributed by atoms with Crippen molar-refractivity contribution in [2.24, 2.45) is 16.6 Å². The van der Waals surface area contributed by atoms with E-state index in [4.69, 9.17) is 10.5 Å². The number of hydrogen-bond acceptors (Lipinski definition) is 3. The second-order valence-electron chi connectivity index (χ2n) is 4.46.